The summed E-state index contributed by atoms with van der Waals surface area (Å²) >= 11 is 0. The summed E-state index contributed by atoms with van der Waals surface area (Å²) in [6.45, 7) is 4.04. The Hall–Kier alpha value is -2.38. The molecule has 0 saturated carbocycles. The number of ether oxygens (including phenoxy) is 1. The number of nitrogens with one attached hydrogen (secondary N) is 1. The number of hydrogen-bond donors (Lipinski definition) is 2. The zero-order valence-corrected chi connectivity index (χ0v) is 20.8. The highest BCUT2D eigenvalue weighted by molar-refractivity contribution is 5.99. The first-order valence-electron chi connectivity index (χ1n) is 12.8. The van der Waals surface area contributed by atoms with E-state index in [0.29, 0.717) is 24.4 Å². The van der Waals surface area contributed by atoms with Crippen LogP contribution in [-0.2, 0) is 29.4 Å². The average Bonchev–Trinajstić information content (AvgIpc) is 3.15. The van der Waals surface area contributed by atoms with Crippen molar-refractivity contribution in [3.05, 3.63) is 35.0 Å². The van der Waals surface area contributed by atoms with Gasteiger partial charge < -0.3 is 24.6 Å². The number of carbonyl (C=O) groups excluding carboxylic acids is 2. The number of fused-ring (bicyclic) bond motifs is 3. The molecule has 0 unspecified atom stereocenters. The Balaban J connectivity index is 1.54. The molecule has 34 heavy (non-hydrogen) atoms. The van der Waals surface area contributed by atoms with Gasteiger partial charge in [0.25, 0.3) is 5.91 Å². The van der Waals surface area contributed by atoms with E-state index in [1.807, 2.05) is 19.1 Å². The van der Waals surface area contributed by atoms with E-state index in [9.17, 15) is 14.7 Å². The monoisotopic (exact) mass is 469 g/mol. The first-order valence-corrected chi connectivity index (χ1v) is 12.8. The van der Waals surface area contributed by atoms with Gasteiger partial charge in [0.15, 0.2) is 0 Å². The predicted octanol–water partition coefficient (Wildman–Crippen LogP) is 3.06. The minimum Gasteiger partial charge on any atom is -0.394 e. The molecular formula is C27H39N3O4. The van der Waals surface area contributed by atoms with E-state index in [1.165, 1.54) is 28.6 Å². The zero-order chi connectivity index (χ0) is 24.2. The third-order valence-electron chi connectivity index (χ3n) is 7.99. The van der Waals surface area contributed by atoms with Crippen molar-refractivity contribution >= 4 is 22.7 Å². The van der Waals surface area contributed by atoms with Crippen molar-refractivity contribution in [3.63, 3.8) is 0 Å². The van der Waals surface area contributed by atoms with E-state index in [1.54, 1.807) is 11.9 Å². The molecule has 1 fully saturated rings. The second-order valence-corrected chi connectivity index (χ2v) is 9.91. The minimum absolute atomic E-state index is 0.0572. The summed E-state index contributed by atoms with van der Waals surface area (Å²) in [4.78, 5) is 26.8. The van der Waals surface area contributed by atoms with Crippen LogP contribution in [-0.4, -0.2) is 65.8 Å². The van der Waals surface area contributed by atoms with Crippen molar-refractivity contribution in [1.82, 2.24) is 14.8 Å². The maximum Gasteiger partial charge on any atom is 0.253 e. The van der Waals surface area contributed by atoms with Crippen molar-refractivity contribution in [2.24, 2.45) is 18.9 Å². The normalized spacial score (nSPS) is 19.6. The summed E-state index contributed by atoms with van der Waals surface area (Å²) in [5, 5.41) is 13.8. The number of likely N-dealkylation sites (N-methyl/N-ethyl adjacent to an activating group) is 1. The number of nitrogens with zero attached hydrogens (tertiary/aromatic N) is 2. The molecule has 2 N–H and O–H groups in total. The smallest absolute Gasteiger partial charge is 0.253 e. The Morgan fingerprint density at radius 1 is 1.24 bits per heavy atom. The number of aromatic nitrogens is 1. The number of aliphatic hydroxyl groups excluding tert-OH is 1. The van der Waals surface area contributed by atoms with Crippen molar-refractivity contribution in [2.45, 2.75) is 57.9 Å². The highest BCUT2D eigenvalue weighted by Crippen LogP contribution is 2.39. The van der Waals surface area contributed by atoms with Gasteiger partial charge in [0.05, 0.1) is 12.6 Å². The van der Waals surface area contributed by atoms with Crippen LogP contribution in [0.3, 0.4) is 0 Å². The van der Waals surface area contributed by atoms with Gasteiger partial charge in [-0.3, -0.25) is 9.59 Å². The quantitative estimate of drug-likeness (QED) is 0.622. The van der Waals surface area contributed by atoms with Gasteiger partial charge in [0.1, 0.15) is 0 Å². The van der Waals surface area contributed by atoms with Crippen molar-refractivity contribution in [2.75, 3.05) is 33.4 Å². The van der Waals surface area contributed by atoms with Gasteiger partial charge >= 0.3 is 0 Å². The van der Waals surface area contributed by atoms with Crippen LogP contribution in [0.4, 0.5) is 0 Å². The molecule has 2 atom stereocenters. The van der Waals surface area contributed by atoms with E-state index in [-0.39, 0.29) is 24.8 Å². The van der Waals surface area contributed by atoms with Gasteiger partial charge in [-0.25, -0.2) is 0 Å². The highest BCUT2D eigenvalue weighted by Gasteiger charge is 2.31. The molecule has 1 aliphatic carbocycles. The maximum absolute atomic E-state index is 13.3. The highest BCUT2D eigenvalue weighted by atomic mass is 16.5. The van der Waals surface area contributed by atoms with E-state index in [2.05, 4.69) is 23.0 Å². The third-order valence-corrected chi connectivity index (χ3v) is 7.99. The molecular weight excluding hydrogens is 430 g/mol. The van der Waals surface area contributed by atoms with Crippen LogP contribution < -0.4 is 5.32 Å². The number of carbonyl (C=O) groups is 2. The lowest BCUT2D eigenvalue weighted by Crippen LogP contribution is -2.40. The Kier molecular flexibility index (Phi) is 7.94. The zero-order valence-electron chi connectivity index (χ0n) is 20.8. The molecule has 2 amide bonds. The SMILES string of the molecule is CCNC(=O)CC[C@@H](CO)N(C)C(=O)c1ccc2c(c1)c1c(n2C)CC[C@@H](C2CCOCC2)C1. The summed E-state index contributed by atoms with van der Waals surface area (Å²) in [5.41, 5.74) is 4.60. The van der Waals surface area contributed by atoms with Gasteiger partial charge in [0.2, 0.25) is 5.91 Å². The third kappa shape index (κ3) is 5.01. The molecule has 0 radical (unpaired) electrons. The standard InChI is InChI=1S/C27H39N3O4/c1-4-28-26(32)10-7-21(17-31)29(2)27(33)20-6-9-25-23(16-20)22-15-19(5-8-24(22)30(25)3)18-11-13-34-14-12-18/h6,9,16,18-19,21,31H,4-5,7-8,10-15,17H2,1-3H3,(H,28,32)/t19-,21+/m1/s1. The van der Waals surface area contributed by atoms with Crippen LogP contribution in [0.5, 0.6) is 0 Å². The topological polar surface area (TPSA) is 83.8 Å². The summed E-state index contributed by atoms with van der Waals surface area (Å²) in [5.74, 6) is 1.23. The van der Waals surface area contributed by atoms with Gasteiger partial charge in [-0.2, -0.15) is 0 Å². The van der Waals surface area contributed by atoms with Crippen LogP contribution in [0.25, 0.3) is 10.9 Å². The second kappa shape index (κ2) is 10.9. The summed E-state index contributed by atoms with van der Waals surface area (Å²) in [7, 11) is 3.85. The molecule has 4 rings (SSSR count). The molecule has 2 heterocycles. The number of amides is 2. The van der Waals surface area contributed by atoms with Crippen LogP contribution in [0.1, 0.15) is 60.6 Å². The number of hydrogen-bond acceptors (Lipinski definition) is 4. The fraction of sp³-hybridized carbons (Fsp3) is 0.630. The lowest BCUT2D eigenvalue weighted by Gasteiger charge is -2.33. The molecule has 1 aromatic carbocycles. The van der Waals surface area contributed by atoms with Crippen LogP contribution in [0.15, 0.2) is 18.2 Å². The first kappa shape index (κ1) is 24.7. The van der Waals surface area contributed by atoms with E-state index >= 15 is 0 Å². The molecule has 0 bridgehead atoms. The number of benzene rings is 1. The molecule has 1 aliphatic heterocycles. The van der Waals surface area contributed by atoms with Gasteiger partial charge in [-0.05, 0) is 81.0 Å². The fourth-order valence-corrected chi connectivity index (χ4v) is 5.89. The Morgan fingerprint density at radius 3 is 2.71 bits per heavy atom. The number of rotatable bonds is 8. The van der Waals surface area contributed by atoms with E-state index in [4.69, 9.17) is 4.74 Å². The van der Waals surface area contributed by atoms with Crippen LogP contribution >= 0.6 is 0 Å². The first-order chi connectivity index (χ1) is 16.4. The number of aryl methyl sites for hydroxylation is 1. The minimum atomic E-state index is -0.395. The molecule has 186 valence electrons. The molecule has 7 nitrogen and oxygen atoms in total. The largest absolute Gasteiger partial charge is 0.394 e. The van der Waals surface area contributed by atoms with Crippen LogP contribution in [0.2, 0.25) is 0 Å². The molecule has 2 aliphatic rings. The lowest BCUT2D eigenvalue weighted by molar-refractivity contribution is -0.121. The van der Waals surface area contributed by atoms with E-state index in [0.717, 1.165) is 44.8 Å². The summed E-state index contributed by atoms with van der Waals surface area (Å²) in [6, 6.07) is 5.59. The van der Waals surface area contributed by atoms with Gasteiger partial charge in [-0.15, -0.1) is 0 Å². The predicted molar refractivity (Wildman–Crippen MR) is 133 cm³/mol. The fourth-order valence-electron chi connectivity index (χ4n) is 5.89. The summed E-state index contributed by atoms with van der Waals surface area (Å²) < 4.78 is 7.88. The molecule has 1 saturated heterocycles. The van der Waals surface area contributed by atoms with Crippen molar-refractivity contribution in [1.29, 1.82) is 0 Å². The Bertz CT molecular complexity index is 1020. The van der Waals surface area contributed by atoms with Gasteiger partial charge in [0, 0.05) is 62.4 Å². The Labute approximate surface area is 202 Å². The molecule has 2 aromatic rings. The molecule has 1 aromatic heterocycles. The van der Waals surface area contributed by atoms with Crippen molar-refractivity contribution < 1.29 is 19.4 Å². The Morgan fingerprint density at radius 2 is 2.00 bits per heavy atom. The summed E-state index contributed by atoms with van der Waals surface area (Å²) in [6.07, 6.45) is 6.39. The average molecular weight is 470 g/mol. The molecule has 7 heteroatoms. The lowest BCUT2D eigenvalue weighted by atomic mass is 9.75. The van der Waals surface area contributed by atoms with Crippen molar-refractivity contribution in [3.8, 4) is 0 Å². The maximum atomic E-state index is 13.3. The van der Waals surface area contributed by atoms with Gasteiger partial charge in [-0.1, -0.05) is 0 Å². The number of aliphatic hydroxyl groups is 1. The van der Waals surface area contributed by atoms with Crippen LogP contribution in [0, 0.1) is 11.8 Å². The van der Waals surface area contributed by atoms with E-state index < -0.39 is 6.04 Å². The second-order valence-electron chi connectivity index (χ2n) is 9.91. The molecule has 0 spiro atoms.